The zero-order valence-electron chi connectivity index (χ0n) is 27.4. The molecule has 220 valence electrons. The van der Waals surface area contributed by atoms with Gasteiger partial charge in [0.2, 0.25) is 0 Å². The van der Waals surface area contributed by atoms with Gasteiger partial charge in [-0.3, -0.25) is 0 Å². The molecule has 0 aliphatic carbocycles. The first-order chi connectivity index (χ1) is 19.3. The lowest BCUT2D eigenvalue weighted by Gasteiger charge is -2.16. The van der Waals surface area contributed by atoms with Crippen LogP contribution < -0.4 is 0 Å². The van der Waals surface area contributed by atoms with Crippen LogP contribution in [-0.2, 0) is 0 Å². The smallest absolute Gasteiger partial charge is 0.0591 e. The molecule has 0 aliphatic rings. The lowest BCUT2D eigenvalue weighted by molar-refractivity contribution is 0.0689. The van der Waals surface area contributed by atoms with Crippen molar-refractivity contribution in [2.24, 2.45) is 0 Å². The van der Waals surface area contributed by atoms with Gasteiger partial charge in [-0.15, -0.1) is 0 Å². The lowest BCUT2D eigenvalue weighted by atomic mass is 9.97. The Labute approximate surface area is 252 Å². The van der Waals surface area contributed by atoms with Gasteiger partial charge in [0, 0.05) is 0 Å². The standard InChI is InChI=1S/C40H54O/c1-31(19-13-21-33(3)22-14-23-34(4)25-16-30-40(9,10)41)17-11-12-18-32(2)20-15-24-35(5)26-29-39-37(7)28-27-36(6)38(39)8/h11-15,17-24,26-29,41H,16,25,30H2,1-10H3/b12-11+,19-13+,20-15+,22-14+,29-26+,31-17+,32-18+,33-21+,34-23+,35-24+. The van der Waals surface area contributed by atoms with Crippen LogP contribution in [0.3, 0.4) is 0 Å². The Balaban J connectivity index is 2.58. The second kappa shape index (κ2) is 18.8. The zero-order chi connectivity index (χ0) is 30.8. The topological polar surface area (TPSA) is 20.2 Å². The van der Waals surface area contributed by atoms with Crippen LogP contribution in [0.1, 0.15) is 90.0 Å². The summed E-state index contributed by atoms with van der Waals surface area (Å²) in [5.74, 6) is 0. The summed E-state index contributed by atoms with van der Waals surface area (Å²) in [6.45, 7) is 20.9. The van der Waals surface area contributed by atoms with Crippen molar-refractivity contribution in [1.82, 2.24) is 0 Å². The van der Waals surface area contributed by atoms with E-state index in [1.807, 2.05) is 13.8 Å². The summed E-state index contributed by atoms with van der Waals surface area (Å²) >= 11 is 0. The highest BCUT2D eigenvalue weighted by molar-refractivity contribution is 5.61. The number of hydrogen-bond acceptors (Lipinski definition) is 1. The molecule has 1 nitrogen and oxygen atoms in total. The Bertz CT molecular complexity index is 1280. The first-order valence-corrected chi connectivity index (χ1v) is 14.8. The van der Waals surface area contributed by atoms with Crippen molar-refractivity contribution in [3.8, 4) is 0 Å². The van der Waals surface area contributed by atoms with Gasteiger partial charge in [0.1, 0.15) is 0 Å². The molecule has 0 amide bonds. The van der Waals surface area contributed by atoms with Gasteiger partial charge in [-0.05, 0) is 111 Å². The normalized spacial score (nSPS) is 15.2. The van der Waals surface area contributed by atoms with E-state index in [2.05, 4.69) is 159 Å². The fourth-order valence-corrected chi connectivity index (χ4v) is 4.03. The van der Waals surface area contributed by atoms with E-state index in [0.717, 1.165) is 19.3 Å². The summed E-state index contributed by atoms with van der Waals surface area (Å²) in [6.07, 6.45) is 34.8. The van der Waals surface area contributed by atoms with Crippen LogP contribution in [-0.4, -0.2) is 10.7 Å². The van der Waals surface area contributed by atoms with Gasteiger partial charge in [0.15, 0.2) is 0 Å². The van der Waals surface area contributed by atoms with Crippen molar-refractivity contribution >= 4 is 6.08 Å². The van der Waals surface area contributed by atoms with Crippen molar-refractivity contribution in [3.63, 3.8) is 0 Å². The molecule has 0 bridgehead atoms. The molecule has 41 heavy (non-hydrogen) atoms. The third-order valence-electron chi connectivity index (χ3n) is 6.88. The van der Waals surface area contributed by atoms with E-state index in [1.165, 1.54) is 50.1 Å². The van der Waals surface area contributed by atoms with E-state index in [1.54, 1.807) is 0 Å². The van der Waals surface area contributed by atoms with E-state index in [4.69, 9.17) is 0 Å². The second-order valence-corrected chi connectivity index (χ2v) is 11.9. The monoisotopic (exact) mass is 550 g/mol. The Morgan fingerprint density at radius 1 is 0.634 bits per heavy atom. The fraction of sp³-hybridized carbons (Fsp3) is 0.350. The Morgan fingerprint density at radius 3 is 1.59 bits per heavy atom. The highest BCUT2D eigenvalue weighted by Gasteiger charge is 2.10. The molecule has 0 fully saturated rings. The van der Waals surface area contributed by atoms with E-state index in [-0.39, 0.29) is 0 Å². The first-order valence-electron chi connectivity index (χ1n) is 14.8. The minimum Gasteiger partial charge on any atom is -0.390 e. The molecule has 1 heteroatoms. The van der Waals surface area contributed by atoms with E-state index < -0.39 is 5.60 Å². The van der Waals surface area contributed by atoms with Gasteiger partial charge < -0.3 is 5.11 Å². The molecule has 0 spiro atoms. The molecular weight excluding hydrogens is 496 g/mol. The fourth-order valence-electron chi connectivity index (χ4n) is 4.03. The lowest BCUT2D eigenvalue weighted by Crippen LogP contribution is -2.17. The van der Waals surface area contributed by atoms with Crippen molar-refractivity contribution in [3.05, 3.63) is 147 Å². The molecule has 1 aromatic rings. The number of benzene rings is 1. The molecule has 0 atom stereocenters. The molecule has 0 heterocycles. The number of aryl methyl sites for hydroxylation is 2. The highest BCUT2D eigenvalue weighted by atomic mass is 16.3. The van der Waals surface area contributed by atoms with Gasteiger partial charge in [0.25, 0.3) is 0 Å². The number of allylic oxidation sites excluding steroid dienone is 19. The SMILES string of the molecule is CC(/C=C/C=C(C)/C=C/C=C(\C)CCCC(C)(C)O)=C\C=C\C=C(C)\C=C\C=C(C)\C=C\c1c(C)ccc(C)c1C. The maximum absolute atomic E-state index is 9.82. The average molecular weight is 551 g/mol. The van der Waals surface area contributed by atoms with Crippen LogP contribution in [0.5, 0.6) is 0 Å². The summed E-state index contributed by atoms with van der Waals surface area (Å²) < 4.78 is 0. The molecule has 0 unspecified atom stereocenters. The molecule has 0 radical (unpaired) electrons. The first kappa shape index (κ1) is 35.6. The summed E-state index contributed by atoms with van der Waals surface area (Å²) in [6, 6.07) is 4.38. The number of rotatable bonds is 14. The molecule has 1 rings (SSSR count). The van der Waals surface area contributed by atoms with Crippen molar-refractivity contribution < 1.29 is 5.11 Å². The maximum Gasteiger partial charge on any atom is 0.0591 e. The molecule has 0 aliphatic heterocycles. The number of hydrogen-bond donors (Lipinski definition) is 1. The summed E-state index contributed by atoms with van der Waals surface area (Å²) in [5, 5.41) is 9.82. The Morgan fingerprint density at radius 2 is 1.07 bits per heavy atom. The quantitative estimate of drug-likeness (QED) is 0.228. The molecule has 0 aromatic heterocycles. The Hall–Kier alpha value is -3.42. The van der Waals surface area contributed by atoms with Crippen LogP contribution in [0.4, 0.5) is 0 Å². The third-order valence-corrected chi connectivity index (χ3v) is 6.88. The minimum atomic E-state index is -0.576. The van der Waals surface area contributed by atoms with Gasteiger partial charge in [-0.2, -0.15) is 0 Å². The van der Waals surface area contributed by atoms with E-state index in [9.17, 15) is 5.11 Å². The predicted molar refractivity (Wildman–Crippen MR) is 185 cm³/mol. The van der Waals surface area contributed by atoms with Gasteiger partial charge in [-0.25, -0.2) is 0 Å². The summed E-state index contributed by atoms with van der Waals surface area (Å²) in [4.78, 5) is 0. The van der Waals surface area contributed by atoms with Crippen LogP contribution in [0.2, 0.25) is 0 Å². The average Bonchev–Trinajstić information content (AvgIpc) is 2.88. The van der Waals surface area contributed by atoms with Crippen molar-refractivity contribution in [2.75, 3.05) is 0 Å². The molecule has 0 saturated heterocycles. The Kier molecular flexibility index (Phi) is 16.4. The molecular formula is C40H54O. The van der Waals surface area contributed by atoms with Crippen LogP contribution in [0, 0.1) is 20.8 Å². The number of aliphatic hydroxyl groups is 1. The van der Waals surface area contributed by atoms with Crippen molar-refractivity contribution in [2.45, 2.75) is 94.1 Å². The van der Waals surface area contributed by atoms with E-state index in [0.29, 0.717) is 0 Å². The van der Waals surface area contributed by atoms with Crippen molar-refractivity contribution in [1.29, 1.82) is 0 Å². The molecule has 1 aromatic carbocycles. The van der Waals surface area contributed by atoms with Gasteiger partial charge in [-0.1, -0.05) is 131 Å². The van der Waals surface area contributed by atoms with E-state index >= 15 is 0 Å². The molecule has 0 saturated carbocycles. The van der Waals surface area contributed by atoms with Crippen LogP contribution in [0.25, 0.3) is 6.08 Å². The predicted octanol–water partition coefficient (Wildman–Crippen LogP) is 11.5. The second-order valence-electron chi connectivity index (χ2n) is 11.9. The van der Waals surface area contributed by atoms with Gasteiger partial charge in [0.05, 0.1) is 5.60 Å². The zero-order valence-corrected chi connectivity index (χ0v) is 27.4. The highest BCUT2D eigenvalue weighted by Crippen LogP contribution is 2.20. The molecule has 1 N–H and O–H groups in total. The minimum absolute atomic E-state index is 0.576. The largest absolute Gasteiger partial charge is 0.390 e. The van der Waals surface area contributed by atoms with Crippen LogP contribution in [0.15, 0.2) is 125 Å². The van der Waals surface area contributed by atoms with Crippen LogP contribution >= 0.6 is 0 Å². The summed E-state index contributed by atoms with van der Waals surface area (Å²) in [7, 11) is 0. The summed E-state index contributed by atoms with van der Waals surface area (Å²) in [5.41, 5.74) is 10.9. The maximum atomic E-state index is 9.82. The van der Waals surface area contributed by atoms with Gasteiger partial charge >= 0.3 is 0 Å². The third kappa shape index (κ3) is 17.1.